The van der Waals surface area contributed by atoms with Crippen LogP contribution in [0.4, 0.5) is 0 Å². The second kappa shape index (κ2) is 13.5. The molecule has 0 aromatic heterocycles. The molecule has 0 aliphatic rings. The molecule has 35 heavy (non-hydrogen) atoms. The molecule has 5 heteroatoms. The minimum atomic E-state index is -0.326. The van der Waals surface area contributed by atoms with Gasteiger partial charge < -0.3 is 16.4 Å². The van der Waals surface area contributed by atoms with Gasteiger partial charge in [0.15, 0.2) is 0 Å². The van der Waals surface area contributed by atoms with Crippen LogP contribution in [0.15, 0.2) is 91.0 Å². The number of benzene rings is 3. The minimum absolute atomic E-state index is 0.0387. The fraction of sp³-hybridized carbons (Fsp3) is 0.367. The summed E-state index contributed by atoms with van der Waals surface area (Å²) in [5.74, 6) is -0.219. The van der Waals surface area contributed by atoms with E-state index in [1.807, 2.05) is 11.8 Å². The molecule has 3 aromatic rings. The van der Waals surface area contributed by atoms with Crippen LogP contribution in [-0.2, 0) is 9.54 Å². The van der Waals surface area contributed by atoms with E-state index in [1.165, 1.54) is 16.7 Å². The van der Waals surface area contributed by atoms with Crippen molar-refractivity contribution in [3.63, 3.8) is 0 Å². The van der Waals surface area contributed by atoms with Gasteiger partial charge in [-0.15, -0.1) is 11.8 Å². The molecule has 3 aromatic carbocycles. The van der Waals surface area contributed by atoms with E-state index in [0.29, 0.717) is 6.42 Å². The van der Waals surface area contributed by atoms with E-state index in [1.54, 1.807) is 0 Å². The molecule has 0 saturated carbocycles. The summed E-state index contributed by atoms with van der Waals surface area (Å²) in [6.45, 7) is 8.24. The lowest BCUT2D eigenvalue weighted by molar-refractivity contribution is -0.118. The number of nitrogens with two attached hydrogens (primary N) is 1. The van der Waals surface area contributed by atoms with Gasteiger partial charge in [0.05, 0.1) is 4.75 Å². The van der Waals surface area contributed by atoms with Crippen molar-refractivity contribution >= 4 is 17.7 Å². The first kappa shape index (κ1) is 27.0. The average molecular weight is 490 g/mol. The Hall–Kier alpha value is -2.60. The molecule has 0 bridgehead atoms. The van der Waals surface area contributed by atoms with Gasteiger partial charge in [0.1, 0.15) is 0 Å². The molecule has 1 amide bonds. The van der Waals surface area contributed by atoms with E-state index in [4.69, 9.17) is 5.73 Å². The number of carbonyl (C=O) groups excluding carboxylic acids is 1. The van der Waals surface area contributed by atoms with Gasteiger partial charge in [0, 0.05) is 30.8 Å². The Balaban J connectivity index is 1.73. The molecule has 0 atom stereocenters. The van der Waals surface area contributed by atoms with Crippen LogP contribution >= 0.6 is 11.8 Å². The second-order valence-electron chi connectivity index (χ2n) is 9.49. The first-order valence-corrected chi connectivity index (χ1v) is 13.3. The Labute approximate surface area is 215 Å². The van der Waals surface area contributed by atoms with E-state index >= 15 is 0 Å². The van der Waals surface area contributed by atoms with Crippen LogP contribution < -0.4 is 16.4 Å². The standard InChI is InChI=1S/C30H39N3OS/c1-29(2,24-33-23-22-32-21-13-12-20-28(31)34)35-30(25-14-6-3-7-15-25,26-16-8-4-9-17-26)27-18-10-5-11-19-27/h3-11,14-19,32-33H,12-13,20-24H2,1-2H3,(H2,31,34). The summed E-state index contributed by atoms with van der Waals surface area (Å²) in [6, 6.07) is 32.6. The number of thioether (sulfide) groups is 1. The molecule has 0 radical (unpaired) electrons. The van der Waals surface area contributed by atoms with Gasteiger partial charge >= 0.3 is 0 Å². The third-order valence-corrected chi connectivity index (χ3v) is 7.74. The molecule has 0 unspecified atom stereocenters. The van der Waals surface area contributed by atoms with E-state index in [0.717, 1.165) is 39.0 Å². The fourth-order valence-electron chi connectivity index (χ4n) is 4.39. The van der Waals surface area contributed by atoms with Crippen molar-refractivity contribution in [2.75, 3.05) is 26.2 Å². The summed E-state index contributed by atoms with van der Waals surface area (Å²) in [6.07, 6.45) is 2.29. The maximum atomic E-state index is 10.8. The highest BCUT2D eigenvalue weighted by molar-refractivity contribution is 8.02. The van der Waals surface area contributed by atoms with Crippen molar-refractivity contribution in [3.05, 3.63) is 108 Å². The van der Waals surface area contributed by atoms with Crippen molar-refractivity contribution in [2.24, 2.45) is 5.73 Å². The van der Waals surface area contributed by atoms with Crippen LogP contribution in [0.5, 0.6) is 0 Å². The van der Waals surface area contributed by atoms with Crippen LogP contribution in [0.1, 0.15) is 49.8 Å². The van der Waals surface area contributed by atoms with Gasteiger partial charge in [0.2, 0.25) is 5.91 Å². The number of primary amides is 1. The van der Waals surface area contributed by atoms with Gasteiger partial charge in [-0.05, 0) is 49.9 Å². The largest absolute Gasteiger partial charge is 0.370 e. The number of amides is 1. The number of carbonyl (C=O) groups is 1. The maximum absolute atomic E-state index is 10.8. The van der Waals surface area contributed by atoms with E-state index < -0.39 is 0 Å². The highest BCUT2D eigenvalue weighted by atomic mass is 32.2. The van der Waals surface area contributed by atoms with Crippen molar-refractivity contribution in [2.45, 2.75) is 42.6 Å². The smallest absolute Gasteiger partial charge is 0.217 e. The molecule has 0 saturated heterocycles. The molecular formula is C30H39N3OS. The summed E-state index contributed by atoms with van der Waals surface area (Å²) in [4.78, 5) is 10.8. The van der Waals surface area contributed by atoms with Gasteiger partial charge in [-0.25, -0.2) is 0 Å². The number of unbranched alkanes of at least 4 members (excludes halogenated alkanes) is 1. The quantitative estimate of drug-likeness (QED) is 0.200. The fourth-order valence-corrected chi connectivity index (χ4v) is 6.15. The Morgan fingerprint density at radius 1 is 0.714 bits per heavy atom. The van der Waals surface area contributed by atoms with E-state index in [-0.39, 0.29) is 15.4 Å². The van der Waals surface area contributed by atoms with Gasteiger partial charge in [-0.1, -0.05) is 91.0 Å². The topological polar surface area (TPSA) is 67.2 Å². The Morgan fingerprint density at radius 2 is 1.17 bits per heavy atom. The highest BCUT2D eigenvalue weighted by Gasteiger charge is 2.41. The monoisotopic (exact) mass is 489 g/mol. The first-order chi connectivity index (χ1) is 16.9. The van der Waals surface area contributed by atoms with Crippen LogP contribution in [0.2, 0.25) is 0 Å². The summed E-state index contributed by atoms with van der Waals surface area (Å²) >= 11 is 2.00. The number of hydrogen-bond donors (Lipinski definition) is 3. The molecule has 0 aliphatic heterocycles. The molecule has 0 fully saturated rings. The zero-order valence-electron chi connectivity index (χ0n) is 21.0. The minimum Gasteiger partial charge on any atom is -0.370 e. The van der Waals surface area contributed by atoms with E-state index in [9.17, 15) is 4.79 Å². The van der Waals surface area contributed by atoms with Crippen LogP contribution in [-0.4, -0.2) is 36.8 Å². The van der Waals surface area contributed by atoms with Crippen molar-refractivity contribution in [3.8, 4) is 0 Å². The lowest BCUT2D eigenvalue weighted by atomic mass is 9.84. The predicted octanol–water partition coefficient (Wildman–Crippen LogP) is 5.33. The SMILES string of the molecule is CC(C)(CNCCNCCCCC(N)=O)SC(c1ccccc1)(c1ccccc1)c1ccccc1. The zero-order valence-corrected chi connectivity index (χ0v) is 21.8. The van der Waals surface area contributed by atoms with Gasteiger partial charge in [0.25, 0.3) is 0 Å². The Bertz CT molecular complexity index is 913. The van der Waals surface area contributed by atoms with Crippen LogP contribution in [0.3, 0.4) is 0 Å². The lowest BCUT2D eigenvalue weighted by Gasteiger charge is -2.41. The number of nitrogens with one attached hydrogen (secondary N) is 2. The van der Waals surface area contributed by atoms with Crippen LogP contribution in [0.25, 0.3) is 0 Å². The predicted molar refractivity (Wildman–Crippen MR) is 150 cm³/mol. The van der Waals surface area contributed by atoms with Gasteiger partial charge in [-0.2, -0.15) is 0 Å². The number of rotatable bonds is 15. The molecule has 0 spiro atoms. The maximum Gasteiger partial charge on any atom is 0.217 e. The van der Waals surface area contributed by atoms with E-state index in [2.05, 4.69) is 115 Å². The Morgan fingerprint density at radius 3 is 1.63 bits per heavy atom. The molecule has 3 rings (SSSR count). The molecule has 4 nitrogen and oxygen atoms in total. The zero-order chi connectivity index (χ0) is 25.0. The number of hydrogen-bond acceptors (Lipinski definition) is 4. The second-order valence-corrected chi connectivity index (χ2v) is 11.4. The summed E-state index contributed by atoms with van der Waals surface area (Å²) in [5.41, 5.74) is 9.05. The molecule has 4 N–H and O–H groups in total. The van der Waals surface area contributed by atoms with Crippen LogP contribution in [0, 0.1) is 0 Å². The normalized spacial score (nSPS) is 11.9. The third-order valence-electron chi connectivity index (χ3n) is 6.03. The lowest BCUT2D eigenvalue weighted by Crippen LogP contribution is -2.40. The average Bonchev–Trinajstić information content (AvgIpc) is 2.87. The van der Waals surface area contributed by atoms with Crippen molar-refractivity contribution < 1.29 is 4.79 Å². The van der Waals surface area contributed by atoms with Crippen molar-refractivity contribution in [1.82, 2.24) is 10.6 Å². The molecular weight excluding hydrogens is 450 g/mol. The molecule has 0 aliphatic carbocycles. The summed E-state index contributed by atoms with van der Waals surface area (Å²) < 4.78 is -0.364. The third kappa shape index (κ3) is 7.96. The first-order valence-electron chi connectivity index (χ1n) is 12.5. The highest BCUT2D eigenvalue weighted by Crippen LogP contribution is 2.53. The molecule has 0 heterocycles. The molecule has 186 valence electrons. The van der Waals surface area contributed by atoms with Crippen molar-refractivity contribution in [1.29, 1.82) is 0 Å². The summed E-state index contributed by atoms with van der Waals surface area (Å²) in [5, 5.41) is 7.10. The van der Waals surface area contributed by atoms with Gasteiger partial charge in [-0.3, -0.25) is 4.79 Å². The Kier molecular flexibility index (Phi) is 10.4. The summed E-state index contributed by atoms with van der Waals surface area (Å²) in [7, 11) is 0.